The second-order valence-corrected chi connectivity index (χ2v) is 6.16. The van der Waals surface area contributed by atoms with Crippen LogP contribution in [0.25, 0.3) is 0 Å². The fourth-order valence-electron chi connectivity index (χ4n) is 3.58. The summed E-state index contributed by atoms with van der Waals surface area (Å²) in [5, 5.41) is 0. The van der Waals surface area contributed by atoms with Gasteiger partial charge in [0.05, 0.1) is 12.2 Å². The first-order valence-electron chi connectivity index (χ1n) is 7.89. The van der Waals surface area contributed by atoms with Crippen molar-refractivity contribution in [2.24, 2.45) is 5.73 Å². The molecule has 110 valence electrons. The fraction of sp³-hybridized carbons (Fsp3) is 0.647. The molecule has 1 aromatic rings. The molecule has 3 nitrogen and oxygen atoms in total. The highest BCUT2D eigenvalue weighted by Gasteiger charge is 2.40. The Morgan fingerprint density at radius 1 is 1.30 bits per heavy atom. The molecule has 0 aromatic heterocycles. The molecule has 2 fully saturated rings. The Morgan fingerprint density at radius 2 is 2.15 bits per heavy atom. The topological polar surface area (TPSA) is 44.5 Å². The molecule has 2 N–H and O–H groups in total. The Bertz CT molecular complexity index is 440. The van der Waals surface area contributed by atoms with Crippen molar-refractivity contribution < 1.29 is 9.47 Å². The van der Waals surface area contributed by atoms with Crippen LogP contribution in [0, 0.1) is 0 Å². The highest BCUT2D eigenvalue weighted by atomic mass is 16.5. The van der Waals surface area contributed by atoms with E-state index in [1.54, 1.807) is 0 Å². The first-order valence-corrected chi connectivity index (χ1v) is 7.89. The zero-order valence-corrected chi connectivity index (χ0v) is 12.1. The van der Waals surface area contributed by atoms with Crippen molar-refractivity contribution in [1.29, 1.82) is 0 Å². The van der Waals surface area contributed by atoms with Gasteiger partial charge in [0.2, 0.25) is 0 Å². The molecule has 1 aliphatic carbocycles. The average molecular weight is 275 g/mol. The summed E-state index contributed by atoms with van der Waals surface area (Å²) >= 11 is 0. The zero-order chi connectivity index (χ0) is 13.8. The summed E-state index contributed by atoms with van der Waals surface area (Å²) in [5.41, 5.74) is 7.00. The largest absolute Gasteiger partial charge is 0.490 e. The van der Waals surface area contributed by atoms with Crippen molar-refractivity contribution >= 4 is 0 Å². The van der Waals surface area contributed by atoms with E-state index in [4.69, 9.17) is 15.2 Å². The van der Waals surface area contributed by atoms with Crippen LogP contribution < -0.4 is 10.5 Å². The predicted octanol–water partition coefficient (Wildman–Crippen LogP) is 3.06. The minimum absolute atomic E-state index is 0.123. The second-order valence-electron chi connectivity index (χ2n) is 6.16. The Kier molecular flexibility index (Phi) is 4.27. The van der Waals surface area contributed by atoms with E-state index in [2.05, 4.69) is 24.3 Å². The maximum absolute atomic E-state index is 6.21. The predicted molar refractivity (Wildman–Crippen MR) is 80.0 cm³/mol. The number of hydrogen-bond donors (Lipinski definition) is 1. The molecular formula is C17H25NO2. The molecule has 0 bridgehead atoms. The monoisotopic (exact) mass is 275 g/mol. The van der Waals surface area contributed by atoms with Crippen LogP contribution in [0.15, 0.2) is 24.3 Å². The Hall–Kier alpha value is -1.06. The number of rotatable bonds is 4. The van der Waals surface area contributed by atoms with Crippen LogP contribution in [0.4, 0.5) is 0 Å². The van der Waals surface area contributed by atoms with E-state index >= 15 is 0 Å². The summed E-state index contributed by atoms with van der Waals surface area (Å²) in [5.74, 6) is 0.982. The summed E-state index contributed by atoms with van der Waals surface area (Å²) < 4.78 is 12.3. The maximum Gasteiger partial charge on any atom is 0.119 e. The highest BCUT2D eigenvalue weighted by Crippen LogP contribution is 2.40. The maximum atomic E-state index is 6.21. The van der Waals surface area contributed by atoms with Gasteiger partial charge in [-0.2, -0.15) is 0 Å². The van der Waals surface area contributed by atoms with Crippen LogP contribution in [-0.4, -0.2) is 24.9 Å². The van der Waals surface area contributed by atoms with Gasteiger partial charge in [0.1, 0.15) is 11.9 Å². The summed E-state index contributed by atoms with van der Waals surface area (Å²) in [7, 11) is 0. The van der Waals surface area contributed by atoms with Crippen molar-refractivity contribution in [3.63, 3.8) is 0 Å². The van der Waals surface area contributed by atoms with Gasteiger partial charge in [-0.15, -0.1) is 0 Å². The molecule has 2 aliphatic rings. The van der Waals surface area contributed by atoms with Gasteiger partial charge in [-0.05, 0) is 43.5 Å². The van der Waals surface area contributed by atoms with Crippen LogP contribution in [0.2, 0.25) is 0 Å². The van der Waals surface area contributed by atoms with Crippen molar-refractivity contribution in [2.75, 3.05) is 13.2 Å². The van der Waals surface area contributed by atoms with Gasteiger partial charge in [-0.1, -0.05) is 25.0 Å². The smallest absolute Gasteiger partial charge is 0.119 e. The van der Waals surface area contributed by atoms with Crippen molar-refractivity contribution in [3.05, 3.63) is 29.8 Å². The summed E-state index contributed by atoms with van der Waals surface area (Å²) in [6.45, 7) is 1.52. The number of ether oxygens (including phenoxy) is 2. The second kappa shape index (κ2) is 6.15. The molecule has 1 atom stereocenters. The van der Waals surface area contributed by atoms with Gasteiger partial charge in [-0.3, -0.25) is 0 Å². The minimum Gasteiger partial charge on any atom is -0.490 e. The third kappa shape index (κ3) is 3.15. The molecule has 1 heterocycles. The van der Waals surface area contributed by atoms with Gasteiger partial charge in [0.25, 0.3) is 0 Å². The summed E-state index contributed by atoms with van der Waals surface area (Å²) in [6.07, 6.45) is 8.29. The highest BCUT2D eigenvalue weighted by molar-refractivity contribution is 5.29. The summed E-state index contributed by atoms with van der Waals surface area (Å²) in [4.78, 5) is 0. The van der Waals surface area contributed by atoms with Crippen LogP contribution >= 0.6 is 0 Å². The first kappa shape index (κ1) is 13.9. The minimum atomic E-state index is 0.123. The number of benzene rings is 1. The van der Waals surface area contributed by atoms with E-state index in [-0.39, 0.29) is 5.60 Å². The van der Waals surface area contributed by atoms with Crippen molar-refractivity contribution in [1.82, 2.24) is 0 Å². The molecule has 0 amide bonds. The van der Waals surface area contributed by atoms with Gasteiger partial charge in [0.15, 0.2) is 0 Å². The lowest BCUT2D eigenvalue weighted by Gasteiger charge is -2.38. The van der Waals surface area contributed by atoms with Crippen molar-refractivity contribution in [2.45, 2.75) is 56.7 Å². The molecule has 1 aliphatic heterocycles. The molecule has 1 spiro atoms. The van der Waals surface area contributed by atoms with Gasteiger partial charge >= 0.3 is 0 Å². The van der Waals surface area contributed by atoms with E-state index in [1.165, 1.54) is 31.2 Å². The fourth-order valence-corrected chi connectivity index (χ4v) is 3.58. The van der Waals surface area contributed by atoms with Gasteiger partial charge < -0.3 is 15.2 Å². The lowest BCUT2D eigenvalue weighted by Crippen LogP contribution is -2.41. The summed E-state index contributed by atoms with van der Waals surface area (Å²) in [6, 6.07) is 8.35. The standard InChI is InChI=1S/C17H25NO2/c18-10-6-14-4-3-5-15(12-14)20-16-7-11-19-17(13-16)8-1-2-9-17/h3-5,12,16H,1-2,6-11,13,18H2. The van der Waals surface area contributed by atoms with Gasteiger partial charge in [-0.25, -0.2) is 0 Å². The quantitative estimate of drug-likeness (QED) is 0.918. The first-order chi connectivity index (χ1) is 9.80. The molecular weight excluding hydrogens is 250 g/mol. The third-order valence-corrected chi connectivity index (χ3v) is 4.60. The Labute approximate surface area is 121 Å². The van der Waals surface area contributed by atoms with E-state index < -0.39 is 0 Å². The van der Waals surface area contributed by atoms with Crippen LogP contribution in [0.5, 0.6) is 5.75 Å². The lowest BCUT2D eigenvalue weighted by molar-refractivity contribution is -0.108. The van der Waals surface area contributed by atoms with Crippen LogP contribution in [0.1, 0.15) is 44.1 Å². The number of hydrogen-bond acceptors (Lipinski definition) is 3. The third-order valence-electron chi connectivity index (χ3n) is 4.60. The molecule has 1 aromatic carbocycles. The van der Waals surface area contributed by atoms with E-state index in [9.17, 15) is 0 Å². The molecule has 1 saturated carbocycles. The molecule has 1 unspecified atom stereocenters. The normalized spacial score (nSPS) is 24.9. The lowest BCUT2D eigenvalue weighted by atomic mass is 9.90. The zero-order valence-electron chi connectivity index (χ0n) is 12.1. The van der Waals surface area contributed by atoms with E-state index in [0.29, 0.717) is 12.6 Å². The molecule has 3 rings (SSSR count). The number of nitrogens with two attached hydrogens (primary N) is 1. The molecule has 3 heteroatoms. The molecule has 20 heavy (non-hydrogen) atoms. The average Bonchev–Trinajstić information content (AvgIpc) is 2.87. The van der Waals surface area contributed by atoms with Crippen LogP contribution in [0.3, 0.4) is 0 Å². The van der Waals surface area contributed by atoms with E-state index in [1.807, 2.05) is 0 Å². The van der Waals surface area contributed by atoms with Crippen LogP contribution in [-0.2, 0) is 11.2 Å². The Balaban J connectivity index is 1.63. The molecule has 1 saturated heterocycles. The Morgan fingerprint density at radius 3 is 2.95 bits per heavy atom. The SMILES string of the molecule is NCCc1cccc(OC2CCOC3(CCCC3)C2)c1. The molecule has 0 radical (unpaired) electrons. The van der Waals surface area contributed by atoms with Gasteiger partial charge in [0, 0.05) is 12.8 Å². The van der Waals surface area contributed by atoms with Crippen molar-refractivity contribution in [3.8, 4) is 5.75 Å². The van der Waals surface area contributed by atoms with E-state index in [0.717, 1.165) is 31.6 Å².